The van der Waals surface area contributed by atoms with Gasteiger partial charge in [0.05, 0.1) is 17.9 Å². The van der Waals surface area contributed by atoms with E-state index in [-0.39, 0.29) is 37.1 Å². The second-order valence-corrected chi connectivity index (χ2v) is 7.21. The Bertz CT molecular complexity index is 1060. The Morgan fingerprint density at radius 1 is 0.966 bits per heavy atom. The van der Waals surface area contributed by atoms with Crippen molar-refractivity contribution in [1.82, 2.24) is 9.47 Å². The van der Waals surface area contributed by atoms with E-state index in [9.17, 15) is 14.4 Å². The van der Waals surface area contributed by atoms with Gasteiger partial charge < -0.3 is 9.88 Å². The highest BCUT2D eigenvalue weighted by Crippen LogP contribution is 2.25. The maximum absolute atomic E-state index is 12.7. The SMILES string of the molecule is O=C(Nc1ccc(Cl)cc1-n1cccc1)c1ccc(CN2C(=O)CCC2=O)cc1. The molecule has 4 rings (SSSR count). The fourth-order valence-corrected chi connectivity index (χ4v) is 3.42. The lowest BCUT2D eigenvalue weighted by Gasteiger charge is -2.15. The summed E-state index contributed by atoms with van der Waals surface area (Å²) in [6.45, 7) is 0.231. The predicted octanol–water partition coefficient (Wildman–Crippen LogP) is 4.03. The Labute approximate surface area is 172 Å². The standard InChI is InChI=1S/C22H18ClN3O3/c23-17-7-8-18(19(13-17)25-11-1-2-12-25)24-22(29)16-5-3-15(4-6-16)14-26-20(27)9-10-21(26)28/h1-8,11-13H,9-10,14H2,(H,24,29). The fraction of sp³-hybridized carbons (Fsp3) is 0.136. The Kier molecular flexibility index (Phi) is 5.18. The van der Waals surface area contributed by atoms with Crippen molar-refractivity contribution in [2.24, 2.45) is 0 Å². The number of amides is 3. The Morgan fingerprint density at radius 3 is 2.28 bits per heavy atom. The maximum atomic E-state index is 12.7. The molecule has 29 heavy (non-hydrogen) atoms. The third-order valence-corrected chi connectivity index (χ3v) is 5.04. The van der Waals surface area contributed by atoms with Gasteiger partial charge in [-0.25, -0.2) is 0 Å². The van der Waals surface area contributed by atoms with Crippen LogP contribution in [-0.4, -0.2) is 27.2 Å². The van der Waals surface area contributed by atoms with Gasteiger partial charge in [-0.15, -0.1) is 0 Å². The molecule has 0 radical (unpaired) electrons. The quantitative estimate of drug-likeness (QED) is 0.649. The van der Waals surface area contributed by atoms with Crippen molar-refractivity contribution in [3.05, 3.63) is 83.1 Å². The number of hydrogen-bond acceptors (Lipinski definition) is 3. The number of nitrogens with zero attached hydrogens (tertiary/aromatic N) is 2. The highest BCUT2D eigenvalue weighted by atomic mass is 35.5. The fourth-order valence-electron chi connectivity index (χ4n) is 3.26. The second-order valence-electron chi connectivity index (χ2n) is 6.78. The molecule has 2 aromatic carbocycles. The summed E-state index contributed by atoms with van der Waals surface area (Å²) in [6, 6.07) is 15.9. The summed E-state index contributed by atoms with van der Waals surface area (Å²) < 4.78 is 1.87. The lowest BCUT2D eigenvalue weighted by atomic mass is 10.1. The van der Waals surface area contributed by atoms with Crippen LogP contribution in [0.15, 0.2) is 67.0 Å². The molecule has 1 saturated heterocycles. The van der Waals surface area contributed by atoms with Crippen LogP contribution in [0, 0.1) is 0 Å². The molecule has 1 fully saturated rings. The summed E-state index contributed by atoms with van der Waals surface area (Å²) in [5.41, 5.74) is 2.66. The van der Waals surface area contributed by atoms with Crippen molar-refractivity contribution in [2.45, 2.75) is 19.4 Å². The first-order chi connectivity index (χ1) is 14.0. The lowest BCUT2D eigenvalue weighted by molar-refractivity contribution is -0.139. The van der Waals surface area contributed by atoms with Gasteiger partial charge in [0.25, 0.3) is 5.91 Å². The van der Waals surface area contributed by atoms with Crippen LogP contribution in [0.2, 0.25) is 5.02 Å². The zero-order valence-electron chi connectivity index (χ0n) is 15.5. The van der Waals surface area contributed by atoms with E-state index in [0.29, 0.717) is 16.3 Å². The lowest BCUT2D eigenvalue weighted by Crippen LogP contribution is -2.28. The zero-order valence-corrected chi connectivity index (χ0v) is 16.2. The average molecular weight is 408 g/mol. The number of hydrogen-bond donors (Lipinski definition) is 1. The molecule has 0 unspecified atom stereocenters. The summed E-state index contributed by atoms with van der Waals surface area (Å²) in [5.74, 6) is -0.574. The van der Waals surface area contributed by atoms with Gasteiger partial charge in [0.1, 0.15) is 0 Å². The summed E-state index contributed by atoms with van der Waals surface area (Å²) in [4.78, 5) is 37.5. The third kappa shape index (κ3) is 4.07. The van der Waals surface area contributed by atoms with Gasteiger partial charge in [0.2, 0.25) is 11.8 Å². The molecule has 0 spiro atoms. The molecular formula is C22H18ClN3O3. The van der Waals surface area contributed by atoms with Crippen LogP contribution < -0.4 is 5.32 Å². The van der Waals surface area contributed by atoms with Crippen LogP contribution >= 0.6 is 11.6 Å². The molecule has 1 N–H and O–H groups in total. The molecule has 7 heteroatoms. The molecule has 0 atom stereocenters. The van der Waals surface area contributed by atoms with E-state index in [0.717, 1.165) is 11.3 Å². The summed E-state index contributed by atoms with van der Waals surface area (Å²) in [5, 5.41) is 3.48. The van der Waals surface area contributed by atoms with Crippen molar-refractivity contribution in [3.8, 4) is 5.69 Å². The van der Waals surface area contributed by atoms with Crippen LogP contribution in [0.5, 0.6) is 0 Å². The van der Waals surface area contributed by atoms with Gasteiger partial charge in [0, 0.05) is 35.8 Å². The zero-order chi connectivity index (χ0) is 20.4. The summed E-state index contributed by atoms with van der Waals surface area (Å²) in [6.07, 6.45) is 4.28. The molecule has 0 aliphatic carbocycles. The highest BCUT2D eigenvalue weighted by Gasteiger charge is 2.28. The van der Waals surface area contributed by atoms with Crippen molar-refractivity contribution >= 4 is 35.0 Å². The van der Waals surface area contributed by atoms with Crippen molar-refractivity contribution in [1.29, 1.82) is 0 Å². The number of nitrogens with one attached hydrogen (secondary N) is 1. The third-order valence-electron chi connectivity index (χ3n) is 4.80. The minimum Gasteiger partial charge on any atom is -0.322 e. The number of halogens is 1. The van der Waals surface area contributed by atoms with E-state index in [4.69, 9.17) is 11.6 Å². The molecule has 3 amide bonds. The molecule has 1 aromatic heterocycles. The summed E-state index contributed by atoms with van der Waals surface area (Å²) in [7, 11) is 0. The molecule has 0 bridgehead atoms. The first kappa shape index (κ1) is 19.0. The Morgan fingerprint density at radius 2 is 1.62 bits per heavy atom. The topological polar surface area (TPSA) is 71.4 Å². The van der Waals surface area contributed by atoms with Gasteiger partial charge in [-0.1, -0.05) is 23.7 Å². The predicted molar refractivity (Wildman–Crippen MR) is 110 cm³/mol. The smallest absolute Gasteiger partial charge is 0.255 e. The number of benzene rings is 2. The first-order valence-corrected chi connectivity index (χ1v) is 9.55. The summed E-state index contributed by atoms with van der Waals surface area (Å²) >= 11 is 6.12. The number of anilines is 1. The molecule has 1 aliphatic rings. The molecule has 3 aromatic rings. The van der Waals surface area contributed by atoms with E-state index in [1.54, 1.807) is 42.5 Å². The van der Waals surface area contributed by atoms with E-state index in [1.807, 2.05) is 29.1 Å². The molecular weight excluding hydrogens is 390 g/mol. The number of imide groups is 1. The average Bonchev–Trinajstić information content (AvgIpc) is 3.36. The Balaban J connectivity index is 1.50. The van der Waals surface area contributed by atoms with E-state index < -0.39 is 0 Å². The number of aromatic nitrogens is 1. The van der Waals surface area contributed by atoms with Crippen molar-refractivity contribution in [3.63, 3.8) is 0 Å². The number of carbonyl (C=O) groups is 3. The highest BCUT2D eigenvalue weighted by molar-refractivity contribution is 6.31. The monoisotopic (exact) mass is 407 g/mol. The van der Waals surface area contributed by atoms with Gasteiger partial charge in [-0.05, 0) is 48.0 Å². The molecule has 0 saturated carbocycles. The molecule has 1 aliphatic heterocycles. The second kappa shape index (κ2) is 7.93. The normalized spacial score (nSPS) is 13.8. The number of likely N-dealkylation sites (tertiary alicyclic amines) is 1. The van der Waals surface area contributed by atoms with Crippen LogP contribution in [-0.2, 0) is 16.1 Å². The maximum Gasteiger partial charge on any atom is 0.255 e. The molecule has 6 nitrogen and oxygen atoms in total. The van der Waals surface area contributed by atoms with Gasteiger partial charge in [0.15, 0.2) is 0 Å². The number of rotatable bonds is 5. The van der Waals surface area contributed by atoms with Crippen molar-refractivity contribution in [2.75, 3.05) is 5.32 Å². The van der Waals surface area contributed by atoms with Gasteiger partial charge in [-0.2, -0.15) is 0 Å². The van der Waals surface area contributed by atoms with Crippen LogP contribution in [0.25, 0.3) is 5.69 Å². The number of carbonyl (C=O) groups excluding carboxylic acids is 3. The van der Waals surface area contributed by atoms with Crippen LogP contribution in [0.4, 0.5) is 5.69 Å². The van der Waals surface area contributed by atoms with Gasteiger partial charge in [-0.3, -0.25) is 19.3 Å². The van der Waals surface area contributed by atoms with Crippen LogP contribution in [0.1, 0.15) is 28.8 Å². The van der Waals surface area contributed by atoms with E-state index in [1.165, 1.54) is 4.90 Å². The van der Waals surface area contributed by atoms with Gasteiger partial charge >= 0.3 is 0 Å². The first-order valence-electron chi connectivity index (χ1n) is 9.17. The molecule has 2 heterocycles. The minimum atomic E-state index is -0.263. The largest absolute Gasteiger partial charge is 0.322 e. The van der Waals surface area contributed by atoms with Crippen molar-refractivity contribution < 1.29 is 14.4 Å². The van der Waals surface area contributed by atoms with E-state index in [2.05, 4.69) is 5.32 Å². The Hall–Kier alpha value is -3.38. The van der Waals surface area contributed by atoms with Crippen LogP contribution in [0.3, 0.4) is 0 Å². The van der Waals surface area contributed by atoms with E-state index >= 15 is 0 Å². The minimum absolute atomic E-state index is 0.155. The molecule has 146 valence electrons.